The van der Waals surface area contributed by atoms with Crippen molar-refractivity contribution < 1.29 is 9.59 Å². The molecular weight excluding hydrogens is 427 g/mol. The molecule has 2 aromatic carbocycles. The number of thioether (sulfide) groups is 1. The lowest BCUT2D eigenvalue weighted by Gasteiger charge is -2.29. The Bertz CT molecular complexity index is 840. The van der Waals surface area contributed by atoms with E-state index in [-0.39, 0.29) is 24.1 Å². The van der Waals surface area contributed by atoms with Gasteiger partial charge < -0.3 is 10.2 Å². The zero-order valence-electron chi connectivity index (χ0n) is 16.9. The van der Waals surface area contributed by atoms with Crippen molar-refractivity contribution in [3.8, 4) is 0 Å². The maximum atomic E-state index is 13.0. The highest BCUT2D eigenvalue weighted by molar-refractivity contribution is 7.99. The molecule has 2 amide bonds. The Morgan fingerprint density at radius 2 is 1.76 bits per heavy atom. The molecule has 0 heterocycles. The van der Waals surface area contributed by atoms with Gasteiger partial charge in [-0.3, -0.25) is 9.59 Å². The zero-order chi connectivity index (χ0) is 21.4. The fraction of sp³-hybridized carbons (Fsp3) is 0.364. The molecule has 0 unspecified atom stereocenters. The SMILES string of the molecule is CCNC(=O)[C@@H](C)N(Cc1c(Cl)cccc1Cl)C(=O)CSCc1ccccc1C. The summed E-state index contributed by atoms with van der Waals surface area (Å²) in [7, 11) is 0. The van der Waals surface area contributed by atoms with Crippen molar-refractivity contribution >= 4 is 46.8 Å². The van der Waals surface area contributed by atoms with Gasteiger partial charge in [-0.1, -0.05) is 53.5 Å². The highest BCUT2D eigenvalue weighted by Crippen LogP contribution is 2.27. The molecule has 0 fully saturated rings. The number of aryl methyl sites for hydroxylation is 1. The lowest BCUT2D eigenvalue weighted by molar-refractivity contribution is -0.138. The van der Waals surface area contributed by atoms with Crippen LogP contribution in [0.5, 0.6) is 0 Å². The third-order valence-corrected chi connectivity index (χ3v) is 6.33. The smallest absolute Gasteiger partial charge is 0.242 e. The average Bonchev–Trinajstić information content (AvgIpc) is 2.69. The molecule has 0 saturated carbocycles. The molecule has 156 valence electrons. The first-order valence-corrected chi connectivity index (χ1v) is 11.4. The predicted octanol–water partition coefficient (Wildman–Crippen LogP) is 5.09. The maximum absolute atomic E-state index is 13.0. The number of halogens is 2. The monoisotopic (exact) mass is 452 g/mol. The average molecular weight is 453 g/mol. The van der Waals surface area contributed by atoms with Gasteiger partial charge in [-0.05, 0) is 44.0 Å². The van der Waals surface area contributed by atoms with Crippen molar-refractivity contribution in [2.24, 2.45) is 0 Å². The van der Waals surface area contributed by atoms with Gasteiger partial charge in [0.1, 0.15) is 6.04 Å². The summed E-state index contributed by atoms with van der Waals surface area (Å²) < 4.78 is 0. The first-order valence-electron chi connectivity index (χ1n) is 9.47. The van der Waals surface area contributed by atoms with Crippen LogP contribution in [0.2, 0.25) is 10.0 Å². The Hall–Kier alpha value is -1.69. The summed E-state index contributed by atoms with van der Waals surface area (Å²) in [5.74, 6) is 0.667. The molecule has 0 saturated heterocycles. The molecule has 0 aliphatic heterocycles. The third-order valence-electron chi connectivity index (χ3n) is 4.65. The lowest BCUT2D eigenvalue weighted by Crippen LogP contribution is -2.48. The fourth-order valence-electron chi connectivity index (χ4n) is 2.86. The van der Waals surface area contributed by atoms with E-state index in [1.165, 1.54) is 22.9 Å². The third kappa shape index (κ3) is 6.66. The second-order valence-electron chi connectivity index (χ2n) is 6.71. The molecule has 2 aromatic rings. The van der Waals surface area contributed by atoms with E-state index in [2.05, 4.69) is 24.4 Å². The number of nitrogens with zero attached hydrogens (tertiary/aromatic N) is 1. The van der Waals surface area contributed by atoms with E-state index in [1.807, 2.05) is 19.1 Å². The summed E-state index contributed by atoms with van der Waals surface area (Å²) in [5, 5.41) is 3.73. The summed E-state index contributed by atoms with van der Waals surface area (Å²) in [6.07, 6.45) is 0. The highest BCUT2D eigenvalue weighted by atomic mass is 35.5. The first-order chi connectivity index (χ1) is 13.8. The second-order valence-corrected chi connectivity index (χ2v) is 8.51. The predicted molar refractivity (Wildman–Crippen MR) is 122 cm³/mol. The first kappa shape index (κ1) is 23.6. The van der Waals surface area contributed by atoms with Gasteiger partial charge in [0, 0.05) is 34.5 Å². The van der Waals surface area contributed by atoms with E-state index in [9.17, 15) is 9.59 Å². The van der Waals surface area contributed by atoms with Crippen LogP contribution in [0.3, 0.4) is 0 Å². The number of nitrogens with one attached hydrogen (secondary N) is 1. The maximum Gasteiger partial charge on any atom is 0.242 e. The Morgan fingerprint density at radius 1 is 1.10 bits per heavy atom. The number of carbonyl (C=O) groups is 2. The van der Waals surface area contributed by atoms with E-state index >= 15 is 0 Å². The summed E-state index contributed by atoms with van der Waals surface area (Å²) >= 11 is 14.1. The minimum atomic E-state index is -0.631. The Balaban J connectivity index is 2.14. The van der Waals surface area contributed by atoms with Crippen LogP contribution in [0, 0.1) is 6.92 Å². The minimum absolute atomic E-state index is 0.127. The van der Waals surface area contributed by atoms with Gasteiger partial charge in [0.25, 0.3) is 0 Å². The summed E-state index contributed by atoms with van der Waals surface area (Å²) in [5.41, 5.74) is 3.04. The van der Waals surface area contributed by atoms with Gasteiger partial charge in [-0.15, -0.1) is 11.8 Å². The molecule has 4 nitrogen and oxygen atoms in total. The van der Waals surface area contributed by atoms with Gasteiger partial charge in [0.05, 0.1) is 5.75 Å². The number of amides is 2. The molecule has 0 aliphatic carbocycles. The molecular formula is C22H26Cl2N2O2S. The molecule has 0 aromatic heterocycles. The molecule has 2 rings (SSSR count). The number of hydrogen-bond donors (Lipinski definition) is 1. The van der Waals surface area contributed by atoms with Crippen molar-refractivity contribution in [2.45, 2.75) is 39.1 Å². The summed E-state index contributed by atoms with van der Waals surface area (Å²) in [6.45, 7) is 6.31. The van der Waals surface area contributed by atoms with Crippen molar-refractivity contribution in [3.05, 3.63) is 69.2 Å². The van der Waals surface area contributed by atoms with Gasteiger partial charge >= 0.3 is 0 Å². The van der Waals surface area contributed by atoms with Crippen LogP contribution in [0.15, 0.2) is 42.5 Å². The summed E-state index contributed by atoms with van der Waals surface area (Å²) in [4.78, 5) is 27.0. The van der Waals surface area contributed by atoms with Crippen LogP contribution in [0.1, 0.15) is 30.5 Å². The zero-order valence-corrected chi connectivity index (χ0v) is 19.2. The minimum Gasteiger partial charge on any atom is -0.355 e. The van der Waals surface area contributed by atoms with Crippen molar-refractivity contribution in [1.29, 1.82) is 0 Å². The van der Waals surface area contributed by atoms with Crippen LogP contribution < -0.4 is 5.32 Å². The Labute approximate surface area is 187 Å². The van der Waals surface area contributed by atoms with Gasteiger partial charge in [-0.25, -0.2) is 0 Å². The number of carbonyl (C=O) groups excluding carboxylic acids is 2. The van der Waals surface area contributed by atoms with Crippen LogP contribution >= 0.6 is 35.0 Å². The Kier molecular flexibility index (Phi) is 9.34. The normalized spacial score (nSPS) is 11.8. The van der Waals surface area contributed by atoms with Crippen LogP contribution in [0.25, 0.3) is 0 Å². The molecule has 0 radical (unpaired) electrons. The van der Waals surface area contributed by atoms with E-state index in [1.54, 1.807) is 30.0 Å². The van der Waals surface area contributed by atoms with Crippen molar-refractivity contribution in [1.82, 2.24) is 10.2 Å². The topological polar surface area (TPSA) is 49.4 Å². The molecule has 0 bridgehead atoms. The second kappa shape index (κ2) is 11.5. The van der Waals surface area contributed by atoms with Gasteiger partial charge in [0.2, 0.25) is 11.8 Å². The van der Waals surface area contributed by atoms with Crippen molar-refractivity contribution in [3.63, 3.8) is 0 Å². The molecule has 0 aliphatic rings. The standard InChI is InChI=1S/C22H26Cl2N2O2S/c1-4-25-22(28)16(3)26(12-18-19(23)10-7-11-20(18)24)21(27)14-29-13-17-9-6-5-8-15(17)2/h5-11,16H,4,12-14H2,1-3H3,(H,25,28)/t16-/m1/s1. The quantitative estimate of drug-likeness (QED) is 0.576. The van der Waals surface area contributed by atoms with E-state index in [0.29, 0.717) is 22.2 Å². The van der Waals surface area contributed by atoms with Crippen molar-refractivity contribution in [2.75, 3.05) is 12.3 Å². The lowest BCUT2D eigenvalue weighted by atomic mass is 10.1. The molecule has 1 N–H and O–H groups in total. The molecule has 1 atom stereocenters. The molecule has 7 heteroatoms. The number of hydrogen-bond acceptors (Lipinski definition) is 3. The van der Waals surface area contributed by atoms with E-state index < -0.39 is 6.04 Å². The van der Waals surface area contributed by atoms with Crippen LogP contribution in [-0.4, -0.2) is 35.1 Å². The highest BCUT2D eigenvalue weighted by Gasteiger charge is 2.27. The van der Waals surface area contributed by atoms with E-state index in [0.717, 1.165) is 5.75 Å². The molecule has 0 spiro atoms. The van der Waals surface area contributed by atoms with E-state index in [4.69, 9.17) is 23.2 Å². The number of rotatable bonds is 9. The largest absolute Gasteiger partial charge is 0.355 e. The molecule has 29 heavy (non-hydrogen) atoms. The van der Waals surface area contributed by atoms with Gasteiger partial charge in [0.15, 0.2) is 0 Å². The fourth-order valence-corrected chi connectivity index (χ4v) is 4.36. The van der Waals surface area contributed by atoms with Crippen LogP contribution in [-0.2, 0) is 21.9 Å². The number of benzene rings is 2. The van der Waals surface area contributed by atoms with Crippen LogP contribution in [0.4, 0.5) is 0 Å². The Morgan fingerprint density at radius 3 is 2.38 bits per heavy atom. The summed E-state index contributed by atoms with van der Waals surface area (Å²) in [6, 6.07) is 12.7. The number of likely N-dealkylation sites (N-methyl/N-ethyl adjacent to an activating group) is 1. The van der Waals surface area contributed by atoms with Gasteiger partial charge in [-0.2, -0.15) is 0 Å².